The van der Waals surface area contributed by atoms with E-state index in [1.807, 2.05) is 0 Å². The van der Waals surface area contributed by atoms with E-state index in [-0.39, 0.29) is 17.0 Å². The summed E-state index contributed by atoms with van der Waals surface area (Å²) in [5, 5.41) is 14.2. The van der Waals surface area contributed by atoms with Crippen LogP contribution in [0.15, 0.2) is 53.3 Å². The number of H-pyrrole nitrogens is 1. The minimum Gasteiger partial charge on any atom is -0.465 e. The number of fused-ring (bicyclic) bond motifs is 3. The number of carboxylic acid groups (broad SMARTS) is 1. The number of hydrogen-bond donors (Lipinski definition) is 2. The van der Waals surface area contributed by atoms with Crippen LogP contribution >= 0.6 is 0 Å². The third kappa shape index (κ3) is 3.61. The summed E-state index contributed by atoms with van der Waals surface area (Å²) in [6.45, 7) is 0.665. The molecule has 0 unspecified atom stereocenters. The highest BCUT2D eigenvalue weighted by Crippen LogP contribution is 2.40. The summed E-state index contributed by atoms with van der Waals surface area (Å²) in [5.74, 6) is -0.106. The summed E-state index contributed by atoms with van der Waals surface area (Å²) < 4.78 is 42.7. The molecule has 2 N–H and O–H groups in total. The Bertz CT molecular complexity index is 1430. The quantitative estimate of drug-likeness (QED) is 0.457. The Labute approximate surface area is 185 Å². The van der Waals surface area contributed by atoms with Gasteiger partial charge in [0.15, 0.2) is 0 Å². The Morgan fingerprint density at radius 2 is 1.76 bits per heavy atom. The number of alkyl halides is 3. The first-order chi connectivity index (χ1) is 15.7. The van der Waals surface area contributed by atoms with Crippen LogP contribution in [0.4, 0.5) is 18.0 Å². The van der Waals surface area contributed by atoms with Crippen molar-refractivity contribution in [1.29, 1.82) is 0 Å². The molecule has 1 aliphatic rings. The van der Waals surface area contributed by atoms with Gasteiger partial charge in [-0.05, 0) is 36.1 Å². The number of amides is 1. The van der Waals surface area contributed by atoms with E-state index in [2.05, 4.69) is 10.1 Å². The lowest BCUT2D eigenvalue weighted by molar-refractivity contribution is -0.137. The lowest BCUT2D eigenvalue weighted by atomic mass is 9.93. The van der Waals surface area contributed by atoms with Gasteiger partial charge in [0.25, 0.3) is 5.56 Å². The lowest BCUT2D eigenvalue weighted by Gasteiger charge is -2.30. The van der Waals surface area contributed by atoms with E-state index in [0.717, 1.165) is 6.07 Å². The van der Waals surface area contributed by atoms with E-state index in [4.69, 9.17) is 0 Å². The Balaban J connectivity index is 1.71. The molecule has 2 aromatic carbocycles. The largest absolute Gasteiger partial charge is 0.465 e. The molecule has 3 heterocycles. The average molecular weight is 456 g/mol. The number of piperidine rings is 1. The van der Waals surface area contributed by atoms with Crippen LogP contribution in [0, 0.1) is 0 Å². The van der Waals surface area contributed by atoms with Crippen LogP contribution in [0.2, 0.25) is 0 Å². The monoisotopic (exact) mass is 456 g/mol. The number of nitrogens with one attached hydrogen (secondary N) is 1. The number of halogens is 3. The van der Waals surface area contributed by atoms with Crippen molar-refractivity contribution in [3.05, 3.63) is 70.1 Å². The van der Waals surface area contributed by atoms with Crippen LogP contribution < -0.4 is 5.56 Å². The van der Waals surface area contributed by atoms with Crippen LogP contribution in [0.5, 0.6) is 0 Å². The molecule has 7 nitrogen and oxygen atoms in total. The van der Waals surface area contributed by atoms with Gasteiger partial charge in [0.1, 0.15) is 5.65 Å². The Morgan fingerprint density at radius 3 is 2.45 bits per heavy atom. The maximum atomic E-state index is 13.7. The van der Waals surface area contributed by atoms with Gasteiger partial charge >= 0.3 is 12.3 Å². The Morgan fingerprint density at radius 1 is 1.06 bits per heavy atom. The van der Waals surface area contributed by atoms with E-state index >= 15 is 0 Å². The minimum atomic E-state index is -4.54. The fraction of sp³-hybridized carbons (Fsp3) is 0.261. The van der Waals surface area contributed by atoms with Crippen LogP contribution in [0.25, 0.3) is 27.7 Å². The smallest absolute Gasteiger partial charge is 0.417 e. The highest BCUT2D eigenvalue weighted by Gasteiger charge is 2.34. The van der Waals surface area contributed by atoms with Gasteiger partial charge in [-0.25, -0.2) is 9.31 Å². The third-order valence-electron chi connectivity index (χ3n) is 6.17. The van der Waals surface area contributed by atoms with Crippen molar-refractivity contribution in [2.24, 2.45) is 0 Å². The number of aromatic nitrogens is 3. The van der Waals surface area contributed by atoms with Crippen molar-refractivity contribution >= 4 is 22.6 Å². The molecule has 4 aromatic rings. The van der Waals surface area contributed by atoms with Crippen LogP contribution in [0.3, 0.4) is 0 Å². The van der Waals surface area contributed by atoms with Gasteiger partial charge in [-0.15, -0.1) is 0 Å². The SMILES string of the molecule is O=C(O)N1CCC(c2cc(=O)[nH]c3c4c(-c5ccccc5C(F)(F)F)cccc4nn23)CC1. The standard InChI is InChI=1S/C23H19F3N4O3/c24-23(25,26)16-6-2-1-4-14(16)15-5-3-7-17-20(15)21-27-19(31)12-18(30(21)28-17)13-8-10-29(11-9-13)22(32)33/h1-7,12-13H,8-11H2,(H,27,31)(H,32,33). The molecule has 0 aliphatic carbocycles. The average Bonchev–Trinajstić information content (AvgIpc) is 3.16. The van der Waals surface area contributed by atoms with Gasteiger partial charge < -0.3 is 15.0 Å². The number of rotatable bonds is 2. The highest BCUT2D eigenvalue weighted by molar-refractivity contribution is 6.04. The minimum absolute atomic E-state index is 0.00604. The summed E-state index contributed by atoms with van der Waals surface area (Å²) in [7, 11) is 0. The molecule has 2 aromatic heterocycles. The predicted molar refractivity (Wildman–Crippen MR) is 115 cm³/mol. The predicted octanol–water partition coefficient (Wildman–Crippen LogP) is 4.72. The van der Waals surface area contributed by atoms with Crippen LogP contribution in [-0.4, -0.2) is 43.8 Å². The molecule has 10 heteroatoms. The maximum absolute atomic E-state index is 13.7. The first kappa shape index (κ1) is 21.0. The molecule has 1 fully saturated rings. The lowest BCUT2D eigenvalue weighted by Crippen LogP contribution is -2.37. The Hall–Kier alpha value is -3.82. The van der Waals surface area contributed by atoms with Crippen molar-refractivity contribution in [1.82, 2.24) is 19.5 Å². The Kier molecular flexibility index (Phi) is 4.88. The second kappa shape index (κ2) is 7.65. The zero-order valence-electron chi connectivity index (χ0n) is 17.3. The molecule has 0 bridgehead atoms. The molecule has 0 spiro atoms. The summed E-state index contributed by atoms with van der Waals surface area (Å²) in [4.78, 5) is 27.9. The summed E-state index contributed by atoms with van der Waals surface area (Å²) in [6.07, 6.45) is -4.49. The van der Waals surface area contributed by atoms with Gasteiger partial charge in [0.05, 0.1) is 22.2 Å². The molecule has 5 rings (SSSR count). The molecule has 1 amide bonds. The summed E-state index contributed by atoms with van der Waals surface area (Å²) in [5.41, 5.74) is 0.562. The number of benzene rings is 2. The van der Waals surface area contributed by atoms with Gasteiger partial charge in [0, 0.05) is 25.1 Å². The second-order valence-corrected chi connectivity index (χ2v) is 8.11. The molecule has 33 heavy (non-hydrogen) atoms. The molecule has 1 saturated heterocycles. The maximum Gasteiger partial charge on any atom is 0.417 e. The van der Waals surface area contributed by atoms with Gasteiger partial charge in [-0.2, -0.15) is 18.3 Å². The van der Waals surface area contributed by atoms with Crippen LogP contribution in [0.1, 0.15) is 30.0 Å². The summed E-state index contributed by atoms with van der Waals surface area (Å²) in [6, 6.07) is 11.7. The molecule has 1 aliphatic heterocycles. The topological polar surface area (TPSA) is 90.7 Å². The first-order valence-corrected chi connectivity index (χ1v) is 10.4. The molecule has 0 atom stereocenters. The molecule has 0 saturated carbocycles. The molecular formula is C23H19F3N4O3. The van der Waals surface area contributed by atoms with Gasteiger partial charge in [-0.1, -0.05) is 30.3 Å². The number of hydrogen-bond acceptors (Lipinski definition) is 3. The van der Waals surface area contributed by atoms with Crippen molar-refractivity contribution in [3.8, 4) is 11.1 Å². The van der Waals surface area contributed by atoms with Crippen LogP contribution in [-0.2, 0) is 6.18 Å². The number of aromatic amines is 1. The zero-order valence-corrected chi connectivity index (χ0v) is 17.3. The second-order valence-electron chi connectivity index (χ2n) is 8.11. The van der Waals surface area contributed by atoms with E-state index in [1.54, 1.807) is 28.8 Å². The van der Waals surface area contributed by atoms with Crippen molar-refractivity contribution < 1.29 is 23.1 Å². The normalized spacial score (nSPS) is 15.4. The van der Waals surface area contributed by atoms with Gasteiger partial charge in [-0.3, -0.25) is 4.79 Å². The molecule has 170 valence electrons. The van der Waals surface area contributed by atoms with Crippen molar-refractivity contribution in [2.45, 2.75) is 24.9 Å². The first-order valence-electron chi connectivity index (χ1n) is 10.4. The number of likely N-dealkylation sites (tertiary alicyclic amines) is 1. The summed E-state index contributed by atoms with van der Waals surface area (Å²) >= 11 is 0. The fourth-order valence-corrected chi connectivity index (χ4v) is 4.63. The number of carbonyl (C=O) groups is 1. The van der Waals surface area contributed by atoms with Crippen molar-refractivity contribution in [3.63, 3.8) is 0 Å². The van der Waals surface area contributed by atoms with Crippen molar-refractivity contribution in [2.75, 3.05) is 13.1 Å². The van der Waals surface area contributed by atoms with E-state index in [0.29, 0.717) is 53.7 Å². The third-order valence-corrected chi connectivity index (χ3v) is 6.17. The van der Waals surface area contributed by atoms with E-state index in [1.165, 1.54) is 23.1 Å². The zero-order chi connectivity index (χ0) is 23.3. The number of nitrogens with zero attached hydrogens (tertiary/aromatic N) is 3. The van der Waals surface area contributed by atoms with E-state index in [9.17, 15) is 27.9 Å². The van der Waals surface area contributed by atoms with E-state index < -0.39 is 17.8 Å². The highest BCUT2D eigenvalue weighted by atomic mass is 19.4. The van der Waals surface area contributed by atoms with Gasteiger partial charge in [0.2, 0.25) is 0 Å². The molecular weight excluding hydrogens is 437 g/mol. The molecule has 0 radical (unpaired) electrons. The fourth-order valence-electron chi connectivity index (χ4n) is 4.63.